The summed E-state index contributed by atoms with van der Waals surface area (Å²) in [7, 11) is 0. The van der Waals surface area contributed by atoms with E-state index in [1.807, 2.05) is 12.1 Å². The van der Waals surface area contributed by atoms with E-state index < -0.39 is 0 Å². The second-order valence-corrected chi connectivity index (χ2v) is 4.21. The van der Waals surface area contributed by atoms with Crippen LogP contribution in [0.1, 0.15) is 24.4 Å². The van der Waals surface area contributed by atoms with Crippen LogP contribution in [0, 0.1) is 0 Å². The number of hydrogen-bond donors (Lipinski definition) is 1. The molecule has 1 saturated heterocycles. The van der Waals surface area contributed by atoms with Gasteiger partial charge in [-0.05, 0) is 30.5 Å². The molecule has 0 aliphatic carbocycles. The standard InChI is InChI=1S/C12H14ClN/c1-9-2-7-12(14-8-9)10-3-5-11(13)6-4-10/h3-6,12,14H,1-2,7-8H2. The highest BCUT2D eigenvalue weighted by molar-refractivity contribution is 6.30. The maximum Gasteiger partial charge on any atom is 0.0406 e. The zero-order valence-corrected chi connectivity index (χ0v) is 8.85. The Morgan fingerprint density at radius 2 is 2.00 bits per heavy atom. The van der Waals surface area contributed by atoms with Crippen molar-refractivity contribution >= 4 is 11.6 Å². The normalized spacial score (nSPS) is 22.4. The summed E-state index contributed by atoms with van der Waals surface area (Å²) in [6.45, 7) is 4.91. The molecule has 74 valence electrons. The first kappa shape index (κ1) is 9.75. The van der Waals surface area contributed by atoms with Gasteiger partial charge in [0.05, 0.1) is 0 Å². The highest BCUT2D eigenvalue weighted by atomic mass is 35.5. The Labute approximate surface area is 89.8 Å². The summed E-state index contributed by atoms with van der Waals surface area (Å²) in [4.78, 5) is 0. The van der Waals surface area contributed by atoms with Crippen LogP contribution >= 0.6 is 11.6 Å². The van der Waals surface area contributed by atoms with E-state index in [0.717, 1.165) is 24.4 Å². The maximum atomic E-state index is 5.84. The predicted octanol–water partition coefficient (Wildman–Crippen LogP) is 3.32. The molecule has 0 saturated carbocycles. The van der Waals surface area contributed by atoms with Crippen molar-refractivity contribution in [1.82, 2.24) is 5.32 Å². The van der Waals surface area contributed by atoms with Gasteiger partial charge < -0.3 is 5.32 Å². The summed E-state index contributed by atoms with van der Waals surface area (Å²) >= 11 is 5.84. The van der Waals surface area contributed by atoms with Crippen molar-refractivity contribution < 1.29 is 0 Å². The van der Waals surface area contributed by atoms with Gasteiger partial charge in [-0.1, -0.05) is 35.9 Å². The van der Waals surface area contributed by atoms with Crippen molar-refractivity contribution in [2.45, 2.75) is 18.9 Å². The van der Waals surface area contributed by atoms with E-state index in [-0.39, 0.29) is 0 Å². The summed E-state index contributed by atoms with van der Waals surface area (Å²) < 4.78 is 0. The van der Waals surface area contributed by atoms with Gasteiger partial charge in [0.1, 0.15) is 0 Å². The molecular weight excluding hydrogens is 194 g/mol. The molecule has 1 N–H and O–H groups in total. The van der Waals surface area contributed by atoms with Crippen molar-refractivity contribution in [3.63, 3.8) is 0 Å². The SMILES string of the molecule is C=C1CCC(c2ccc(Cl)cc2)NC1. The molecular formula is C12H14ClN. The molecule has 1 aliphatic heterocycles. The Morgan fingerprint density at radius 3 is 2.57 bits per heavy atom. The average Bonchev–Trinajstić information content (AvgIpc) is 2.21. The lowest BCUT2D eigenvalue weighted by molar-refractivity contribution is 0.473. The molecule has 2 rings (SSSR count). The molecule has 1 fully saturated rings. The maximum absolute atomic E-state index is 5.84. The van der Waals surface area contributed by atoms with Crippen molar-refractivity contribution in [2.75, 3.05) is 6.54 Å². The highest BCUT2D eigenvalue weighted by Crippen LogP contribution is 2.25. The summed E-state index contributed by atoms with van der Waals surface area (Å²) in [6, 6.07) is 8.55. The summed E-state index contributed by atoms with van der Waals surface area (Å²) in [6.07, 6.45) is 2.26. The second-order valence-electron chi connectivity index (χ2n) is 3.77. The monoisotopic (exact) mass is 207 g/mol. The molecule has 14 heavy (non-hydrogen) atoms. The molecule has 1 aromatic carbocycles. The Hall–Kier alpha value is -0.790. The Bertz CT molecular complexity index is 319. The summed E-state index contributed by atoms with van der Waals surface area (Å²) in [5.41, 5.74) is 2.62. The number of rotatable bonds is 1. The van der Waals surface area contributed by atoms with Crippen molar-refractivity contribution in [3.05, 3.63) is 47.0 Å². The third-order valence-corrected chi connectivity index (χ3v) is 2.91. The molecule has 1 atom stereocenters. The van der Waals surface area contributed by atoms with E-state index in [1.165, 1.54) is 11.1 Å². The lowest BCUT2D eigenvalue weighted by Crippen LogP contribution is -2.28. The smallest absolute Gasteiger partial charge is 0.0406 e. The average molecular weight is 208 g/mol. The fraction of sp³-hybridized carbons (Fsp3) is 0.333. The first-order valence-electron chi connectivity index (χ1n) is 4.91. The fourth-order valence-electron chi connectivity index (χ4n) is 1.79. The van der Waals surface area contributed by atoms with Crippen LogP contribution in [0.3, 0.4) is 0 Å². The molecule has 0 amide bonds. The van der Waals surface area contributed by atoms with Crippen LogP contribution in [0.25, 0.3) is 0 Å². The van der Waals surface area contributed by atoms with E-state index in [0.29, 0.717) is 6.04 Å². The second kappa shape index (κ2) is 4.16. The number of nitrogens with one attached hydrogen (secondary N) is 1. The molecule has 0 bridgehead atoms. The fourth-order valence-corrected chi connectivity index (χ4v) is 1.91. The largest absolute Gasteiger partial charge is 0.306 e. The Kier molecular flexibility index (Phi) is 2.90. The third kappa shape index (κ3) is 2.17. The molecule has 0 radical (unpaired) electrons. The van der Waals surface area contributed by atoms with Crippen molar-refractivity contribution in [1.29, 1.82) is 0 Å². The molecule has 2 heteroatoms. The van der Waals surface area contributed by atoms with Crippen molar-refractivity contribution in [2.24, 2.45) is 0 Å². The van der Waals surface area contributed by atoms with Gasteiger partial charge >= 0.3 is 0 Å². The van der Waals surface area contributed by atoms with E-state index >= 15 is 0 Å². The van der Waals surface area contributed by atoms with Gasteiger partial charge in [0.15, 0.2) is 0 Å². The zero-order valence-electron chi connectivity index (χ0n) is 8.09. The van der Waals surface area contributed by atoms with Crippen LogP contribution in [0.2, 0.25) is 5.02 Å². The van der Waals surface area contributed by atoms with Crippen LogP contribution in [0.4, 0.5) is 0 Å². The van der Waals surface area contributed by atoms with Crippen LogP contribution in [0.15, 0.2) is 36.4 Å². The minimum atomic E-state index is 0.470. The summed E-state index contributed by atoms with van der Waals surface area (Å²) in [5, 5.41) is 4.26. The molecule has 0 aromatic heterocycles. The van der Waals surface area contributed by atoms with E-state index in [1.54, 1.807) is 0 Å². The lowest BCUT2D eigenvalue weighted by Gasteiger charge is -2.25. The van der Waals surface area contributed by atoms with E-state index in [2.05, 4.69) is 24.0 Å². The van der Waals surface area contributed by atoms with Gasteiger partial charge in [-0.2, -0.15) is 0 Å². The minimum absolute atomic E-state index is 0.470. The van der Waals surface area contributed by atoms with Gasteiger partial charge in [-0.25, -0.2) is 0 Å². The van der Waals surface area contributed by atoms with Gasteiger partial charge in [-0.3, -0.25) is 0 Å². The van der Waals surface area contributed by atoms with Crippen LogP contribution < -0.4 is 5.32 Å². The lowest BCUT2D eigenvalue weighted by atomic mass is 9.95. The molecule has 1 unspecified atom stereocenters. The molecule has 1 heterocycles. The molecule has 0 spiro atoms. The zero-order chi connectivity index (χ0) is 9.97. The molecule has 1 nitrogen and oxygen atoms in total. The summed E-state index contributed by atoms with van der Waals surface area (Å²) in [5.74, 6) is 0. The first-order chi connectivity index (χ1) is 6.75. The molecule has 1 aromatic rings. The predicted molar refractivity (Wildman–Crippen MR) is 60.6 cm³/mol. The third-order valence-electron chi connectivity index (χ3n) is 2.66. The highest BCUT2D eigenvalue weighted by Gasteiger charge is 2.15. The van der Waals surface area contributed by atoms with Gasteiger partial charge in [0.2, 0.25) is 0 Å². The quantitative estimate of drug-likeness (QED) is 0.697. The van der Waals surface area contributed by atoms with Gasteiger partial charge in [0, 0.05) is 17.6 Å². The van der Waals surface area contributed by atoms with E-state index in [4.69, 9.17) is 11.6 Å². The van der Waals surface area contributed by atoms with Crippen LogP contribution in [-0.2, 0) is 0 Å². The van der Waals surface area contributed by atoms with Crippen LogP contribution in [-0.4, -0.2) is 6.54 Å². The number of hydrogen-bond acceptors (Lipinski definition) is 1. The number of halogens is 1. The Morgan fingerprint density at radius 1 is 1.29 bits per heavy atom. The minimum Gasteiger partial charge on any atom is -0.306 e. The number of benzene rings is 1. The topological polar surface area (TPSA) is 12.0 Å². The van der Waals surface area contributed by atoms with Gasteiger partial charge in [0.25, 0.3) is 0 Å². The van der Waals surface area contributed by atoms with Crippen molar-refractivity contribution in [3.8, 4) is 0 Å². The van der Waals surface area contributed by atoms with Gasteiger partial charge in [-0.15, -0.1) is 0 Å². The number of piperidine rings is 1. The van der Waals surface area contributed by atoms with E-state index in [9.17, 15) is 0 Å². The molecule has 1 aliphatic rings. The van der Waals surface area contributed by atoms with Crippen LogP contribution in [0.5, 0.6) is 0 Å². The first-order valence-corrected chi connectivity index (χ1v) is 5.29. The Balaban J connectivity index is 2.08.